The van der Waals surface area contributed by atoms with Crippen molar-refractivity contribution in [3.8, 4) is 11.8 Å². The van der Waals surface area contributed by atoms with Gasteiger partial charge in [0.25, 0.3) is 0 Å². The molecule has 33 heavy (non-hydrogen) atoms. The van der Waals surface area contributed by atoms with Crippen molar-refractivity contribution in [2.24, 2.45) is 0 Å². The van der Waals surface area contributed by atoms with Crippen molar-refractivity contribution in [1.29, 1.82) is 5.26 Å². The minimum atomic E-state index is -4.64. The number of nitriles is 1. The first-order chi connectivity index (χ1) is 15.2. The van der Waals surface area contributed by atoms with Gasteiger partial charge >= 0.3 is 12.3 Å². The van der Waals surface area contributed by atoms with Gasteiger partial charge in [-0.2, -0.15) is 18.4 Å². The van der Waals surface area contributed by atoms with E-state index in [0.29, 0.717) is 17.7 Å². The zero-order chi connectivity index (χ0) is 24.8. The molecule has 0 radical (unpaired) electrons. The summed E-state index contributed by atoms with van der Waals surface area (Å²) in [4.78, 5) is 24.5. The molecule has 2 aliphatic rings. The van der Waals surface area contributed by atoms with E-state index < -0.39 is 67.4 Å². The van der Waals surface area contributed by atoms with Crippen molar-refractivity contribution in [3.05, 3.63) is 23.2 Å². The molecule has 14 heteroatoms. The smallest absolute Gasteiger partial charge is 0.425 e. The van der Waals surface area contributed by atoms with Crippen LogP contribution < -0.4 is 10.1 Å². The predicted octanol–water partition coefficient (Wildman–Crippen LogP) is 2.74. The van der Waals surface area contributed by atoms with Crippen molar-refractivity contribution in [1.82, 2.24) is 10.2 Å². The fourth-order valence-corrected chi connectivity index (χ4v) is 5.66. The number of hydrogen-bond acceptors (Lipinski definition) is 6. The standard InChI is InChI=1S/C19H19ClF3N3O6S/c1-10(19(21,22)23)32-11-2-3-15(13(20)6-11)33(30,31)12-7-14(26(8-12)17(28)29)16(27)25-18(9-24)4-5-18/h2-3,6,10,12,14H,4-5,7-8H2,1H3,(H,25,27)(H,28,29)/t10?,12-,14+/m1/s1. The third kappa shape index (κ3) is 5.11. The van der Waals surface area contributed by atoms with Gasteiger partial charge in [0.15, 0.2) is 15.9 Å². The number of halogens is 4. The molecule has 1 saturated carbocycles. The lowest BCUT2D eigenvalue weighted by atomic mass is 10.2. The van der Waals surface area contributed by atoms with E-state index in [0.717, 1.165) is 25.1 Å². The van der Waals surface area contributed by atoms with E-state index in [1.165, 1.54) is 0 Å². The largest absolute Gasteiger partial charge is 0.481 e. The second-order valence-electron chi connectivity index (χ2n) is 7.93. The van der Waals surface area contributed by atoms with E-state index in [-0.39, 0.29) is 12.2 Å². The summed E-state index contributed by atoms with van der Waals surface area (Å²) in [6, 6.07) is 3.52. The number of likely N-dealkylation sites (tertiary alicyclic amines) is 1. The number of carbonyl (C=O) groups excluding carboxylic acids is 1. The zero-order valence-electron chi connectivity index (χ0n) is 17.1. The second kappa shape index (κ2) is 8.57. The SMILES string of the molecule is CC(Oc1ccc(S(=O)(=O)[C@@H]2C[C@@H](C(=O)NC3(C#N)CC3)N(C(=O)O)C2)c(Cl)c1)C(F)(F)F. The first-order valence-electron chi connectivity index (χ1n) is 9.70. The number of amides is 2. The summed E-state index contributed by atoms with van der Waals surface area (Å²) in [5, 5.41) is 19.3. The van der Waals surface area contributed by atoms with Crippen molar-refractivity contribution in [2.45, 2.75) is 60.2 Å². The Balaban J connectivity index is 1.81. The minimum absolute atomic E-state index is 0.300. The zero-order valence-corrected chi connectivity index (χ0v) is 18.7. The monoisotopic (exact) mass is 509 g/mol. The van der Waals surface area contributed by atoms with Gasteiger partial charge in [-0.3, -0.25) is 9.69 Å². The topological polar surface area (TPSA) is 137 Å². The summed E-state index contributed by atoms with van der Waals surface area (Å²) in [5.74, 6) is -1.07. The lowest BCUT2D eigenvalue weighted by Crippen LogP contribution is -2.49. The van der Waals surface area contributed by atoms with Gasteiger partial charge in [0.2, 0.25) is 5.91 Å². The van der Waals surface area contributed by atoms with E-state index in [1.54, 1.807) is 0 Å². The van der Waals surface area contributed by atoms with Gasteiger partial charge in [-0.1, -0.05) is 11.6 Å². The van der Waals surface area contributed by atoms with Crippen LogP contribution >= 0.6 is 11.6 Å². The van der Waals surface area contributed by atoms with Gasteiger partial charge in [0.05, 0.1) is 21.2 Å². The molecule has 3 atom stereocenters. The number of sulfone groups is 1. The number of alkyl halides is 3. The molecule has 3 rings (SSSR count). The Labute approximate surface area is 192 Å². The van der Waals surface area contributed by atoms with Crippen molar-refractivity contribution in [3.63, 3.8) is 0 Å². The molecule has 2 amide bonds. The van der Waals surface area contributed by atoms with E-state index in [1.807, 2.05) is 6.07 Å². The maximum Gasteiger partial charge on any atom is 0.425 e. The van der Waals surface area contributed by atoms with Crippen LogP contribution in [0.5, 0.6) is 5.75 Å². The van der Waals surface area contributed by atoms with Crippen LogP contribution in [0, 0.1) is 11.3 Å². The number of nitrogens with zero attached hydrogens (tertiary/aromatic N) is 2. The van der Waals surface area contributed by atoms with Crippen LogP contribution in [0.1, 0.15) is 26.2 Å². The minimum Gasteiger partial charge on any atom is -0.481 e. The van der Waals surface area contributed by atoms with Gasteiger partial charge in [0.1, 0.15) is 17.3 Å². The van der Waals surface area contributed by atoms with E-state index in [2.05, 4.69) is 5.32 Å². The third-order valence-electron chi connectivity index (χ3n) is 5.56. The maximum atomic E-state index is 13.1. The molecule has 0 bridgehead atoms. The lowest BCUT2D eigenvalue weighted by molar-refractivity contribution is -0.189. The molecule has 1 aromatic rings. The molecule has 180 valence electrons. The first-order valence-corrected chi connectivity index (χ1v) is 11.6. The Hall–Kier alpha value is -2.72. The summed E-state index contributed by atoms with van der Waals surface area (Å²) in [5.41, 5.74) is -1.06. The number of benzene rings is 1. The molecule has 0 spiro atoms. The van der Waals surface area contributed by atoms with Gasteiger partial charge in [0, 0.05) is 12.6 Å². The molecule has 2 N–H and O–H groups in total. The Morgan fingerprint density at radius 3 is 2.52 bits per heavy atom. The van der Waals surface area contributed by atoms with Crippen LogP contribution in [0.25, 0.3) is 0 Å². The molecule has 1 heterocycles. The van der Waals surface area contributed by atoms with Crippen LogP contribution in [0.15, 0.2) is 23.1 Å². The average Bonchev–Trinajstić information content (AvgIpc) is 3.31. The highest BCUT2D eigenvalue weighted by atomic mass is 35.5. The van der Waals surface area contributed by atoms with Crippen LogP contribution in [-0.2, 0) is 14.6 Å². The highest BCUT2D eigenvalue weighted by Gasteiger charge is 2.50. The second-order valence-corrected chi connectivity index (χ2v) is 10.5. The molecule has 1 aliphatic heterocycles. The number of carboxylic acid groups (broad SMARTS) is 1. The summed E-state index contributed by atoms with van der Waals surface area (Å²) < 4.78 is 69.1. The fourth-order valence-electron chi connectivity index (χ4n) is 3.43. The van der Waals surface area contributed by atoms with Crippen LogP contribution in [0.4, 0.5) is 18.0 Å². The normalized spacial score (nSPS) is 22.8. The van der Waals surface area contributed by atoms with Gasteiger partial charge in [-0.15, -0.1) is 0 Å². The van der Waals surface area contributed by atoms with Gasteiger partial charge < -0.3 is 15.2 Å². The van der Waals surface area contributed by atoms with E-state index in [4.69, 9.17) is 21.6 Å². The highest BCUT2D eigenvalue weighted by molar-refractivity contribution is 7.92. The Morgan fingerprint density at radius 2 is 2.03 bits per heavy atom. The van der Waals surface area contributed by atoms with Crippen molar-refractivity contribution in [2.75, 3.05) is 6.54 Å². The third-order valence-corrected chi connectivity index (χ3v) is 8.17. The average molecular weight is 510 g/mol. The lowest BCUT2D eigenvalue weighted by Gasteiger charge is -2.21. The molecule has 2 fully saturated rings. The van der Waals surface area contributed by atoms with Crippen molar-refractivity contribution >= 4 is 33.4 Å². The van der Waals surface area contributed by atoms with Crippen molar-refractivity contribution < 1.29 is 41.0 Å². The molecule has 0 aromatic heterocycles. The van der Waals surface area contributed by atoms with Crippen LogP contribution in [0.2, 0.25) is 5.02 Å². The fraction of sp³-hybridized carbons (Fsp3) is 0.526. The molecular formula is C19H19ClF3N3O6S. The Morgan fingerprint density at radius 1 is 1.39 bits per heavy atom. The number of ether oxygens (including phenoxy) is 1. The van der Waals surface area contributed by atoms with Gasteiger partial charge in [-0.05, 0) is 38.3 Å². The molecule has 1 aliphatic carbocycles. The predicted molar refractivity (Wildman–Crippen MR) is 107 cm³/mol. The number of carbonyl (C=O) groups is 2. The summed E-state index contributed by atoms with van der Waals surface area (Å²) in [7, 11) is -4.27. The summed E-state index contributed by atoms with van der Waals surface area (Å²) >= 11 is 6.02. The quantitative estimate of drug-likeness (QED) is 0.601. The van der Waals surface area contributed by atoms with E-state index >= 15 is 0 Å². The summed E-state index contributed by atoms with van der Waals surface area (Å²) in [6.07, 6.45) is -7.85. The van der Waals surface area contributed by atoms with Crippen LogP contribution in [0.3, 0.4) is 0 Å². The first kappa shape index (κ1) is 24.9. The molecule has 1 aromatic carbocycles. The molecule has 9 nitrogen and oxygen atoms in total. The number of rotatable bonds is 6. The van der Waals surface area contributed by atoms with Crippen LogP contribution in [-0.4, -0.2) is 66.1 Å². The maximum absolute atomic E-state index is 13.1. The molecule has 1 unspecified atom stereocenters. The molecule has 1 saturated heterocycles. The number of nitrogens with one attached hydrogen (secondary N) is 1. The Bertz CT molecular complexity index is 1120. The Kier molecular flexibility index (Phi) is 6.47. The van der Waals surface area contributed by atoms with E-state index in [9.17, 15) is 36.3 Å². The molecular weight excluding hydrogens is 491 g/mol. The highest BCUT2D eigenvalue weighted by Crippen LogP contribution is 2.37. The number of hydrogen-bond donors (Lipinski definition) is 2. The summed E-state index contributed by atoms with van der Waals surface area (Å²) in [6.45, 7) is 0.260. The van der Waals surface area contributed by atoms with Gasteiger partial charge in [-0.25, -0.2) is 13.2 Å².